The first-order valence-corrected chi connectivity index (χ1v) is 7.10. The summed E-state index contributed by atoms with van der Waals surface area (Å²) in [4.78, 5) is 1.26. The molecule has 1 aliphatic heterocycles. The zero-order valence-electron chi connectivity index (χ0n) is 10.9. The summed E-state index contributed by atoms with van der Waals surface area (Å²) >= 11 is 1.72. The minimum absolute atomic E-state index is 0.162. The summed E-state index contributed by atoms with van der Waals surface area (Å²) in [6, 6.07) is 8.29. The molecule has 0 aliphatic carbocycles. The molecule has 3 nitrogen and oxygen atoms in total. The molecule has 19 heavy (non-hydrogen) atoms. The van der Waals surface area contributed by atoms with Gasteiger partial charge in [0.2, 0.25) is 0 Å². The lowest BCUT2D eigenvalue weighted by atomic mass is 10.0. The van der Waals surface area contributed by atoms with Gasteiger partial charge in [0, 0.05) is 10.4 Å². The number of hydrogen-bond donors (Lipinski definition) is 3. The molecule has 3 rings (SSSR count). The highest BCUT2D eigenvalue weighted by atomic mass is 32.1. The number of rotatable bonds is 2. The maximum Gasteiger partial charge on any atom is 0.127 e. The predicted molar refractivity (Wildman–Crippen MR) is 78.9 cm³/mol. The lowest BCUT2D eigenvalue weighted by Crippen LogP contribution is -2.25. The summed E-state index contributed by atoms with van der Waals surface area (Å²) < 4.78 is 0. The largest absolute Gasteiger partial charge is 0.507 e. The van der Waals surface area contributed by atoms with Crippen LogP contribution in [-0.4, -0.2) is 5.11 Å². The first kappa shape index (κ1) is 12.3. The van der Waals surface area contributed by atoms with Gasteiger partial charge in [-0.05, 0) is 48.6 Å². The topological polar surface area (TPSA) is 44.3 Å². The number of aromatic hydroxyl groups is 1. The first-order valence-electron chi connectivity index (χ1n) is 6.22. The average Bonchev–Trinajstić information content (AvgIpc) is 3.03. The van der Waals surface area contributed by atoms with E-state index in [0.29, 0.717) is 5.75 Å². The minimum Gasteiger partial charge on any atom is -0.507 e. The van der Waals surface area contributed by atoms with Gasteiger partial charge in [0.15, 0.2) is 0 Å². The van der Waals surface area contributed by atoms with Crippen molar-refractivity contribution in [1.82, 2.24) is 10.9 Å². The van der Waals surface area contributed by atoms with Crippen LogP contribution in [0.1, 0.15) is 27.6 Å². The summed E-state index contributed by atoms with van der Waals surface area (Å²) in [5.74, 6) is 0.345. The molecule has 0 unspecified atom stereocenters. The number of phenolic OH excluding ortho intramolecular Hbond substituents is 1. The number of nitrogens with one attached hydrogen (secondary N) is 2. The summed E-state index contributed by atoms with van der Waals surface area (Å²) in [7, 11) is 0. The molecule has 0 saturated carbocycles. The van der Waals surface area contributed by atoms with Crippen molar-refractivity contribution < 1.29 is 5.11 Å². The Hall–Kier alpha value is -1.78. The van der Waals surface area contributed by atoms with Crippen LogP contribution in [0.25, 0.3) is 5.70 Å². The first-order chi connectivity index (χ1) is 9.15. The van der Waals surface area contributed by atoms with E-state index in [-0.39, 0.29) is 6.04 Å². The van der Waals surface area contributed by atoms with Crippen LogP contribution in [-0.2, 0) is 0 Å². The van der Waals surface area contributed by atoms with Crippen LogP contribution in [0.5, 0.6) is 5.75 Å². The molecule has 1 aliphatic rings. The minimum atomic E-state index is 0.162. The Morgan fingerprint density at radius 2 is 2.11 bits per heavy atom. The Kier molecular flexibility index (Phi) is 3.05. The fraction of sp³-hybridized carbons (Fsp3) is 0.200. The fourth-order valence-electron chi connectivity index (χ4n) is 2.35. The van der Waals surface area contributed by atoms with Crippen molar-refractivity contribution in [3.63, 3.8) is 0 Å². The van der Waals surface area contributed by atoms with Gasteiger partial charge in [-0.3, -0.25) is 0 Å². The molecule has 2 aromatic rings. The number of hydrogen-bond acceptors (Lipinski definition) is 4. The number of aryl methyl sites for hydroxylation is 2. The maximum absolute atomic E-state index is 10.2. The van der Waals surface area contributed by atoms with Gasteiger partial charge in [-0.1, -0.05) is 12.1 Å². The van der Waals surface area contributed by atoms with E-state index in [2.05, 4.69) is 28.4 Å². The Labute approximate surface area is 116 Å². The Morgan fingerprint density at radius 1 is 1.26 bits per heavy atom. The van der Waals surface area contributed by atoms with E-state index in [9.17, 15) is 5.11 Å². The highest BCUT2D eigenvalue weighted by Gasteiger charge is 2.20. The van der Waals surface area contributed by atoms with E-state index < -0.39 is 0 Å². The number of thiophene rings is 1. The molecule has 0 bridgehead atoms. The van der Waals surface area contributed by atoms with Crippen LogP contribution in [0, 0.1) is 13.8 Å². The van der Waals surface area contributed by atoms with Gasteiger partial charge in [-0.15, -0.1) is 11.3 Å². The molecule has 0 spiro atoms. The van der Waals surface area contributed by atoms with E-state index >= 15 is 0 Å². The molecule has 0 fully saturated rings. The van der Waals surface area contributed by atoms with Gasteiger partial charge >= 0.3 is 0 Å². The molecule has 0 amide bonds. The van der Waals surface area contributed by atoms with E-state index in [1.807, 2.05) is 32.0 Å². The van der Waals surface area contributed by atoms with Gasteiger partial charge in [0.1, 0.15) is 5.75 Å². The third kappa shape index (κ3) is 2.25. The number of benzene rings is 1. The molecule has 1 aromatic carbocycles. The molecule has 0 radical (unpaired) electrons. The standard InChI is InChI=1S/C15H16N2OS/c1-9-6-10(2)15(18)11(7-9)12-8-13(17-16-12)14-4-3-5-19-14/h3-8,13,16-18H,1-2H3/t13-/m1/s1. The number of hydrazine groups is 1. The van der Waals surface area contributed by atoms with Crippen molar-refractivity contribution >= 4 is 17.0 Å². The van der Waals surface area contributed by atoms with Gasteiger partial charge in [-0.2, -0.15) is 0 Å². The lowest BCUT2D eigenvalue weighted by molar-refractivity contribution is 0.468. The molecule has 1 aromatic heterocycles. The van der Waals surface area contributed by atoms with E-state index in [4.69, 9.17) is 0 Å². The van der Waals surface area contributed by atoms with Crippen molar-refractivity contribution in [2.75, 3.05) is 0 Å². The molecule has 4 heteroatoms. The quantitative estimate of drug-likeness (QED) is 0.786. The highest BCUT2D eigenvalue weighted by molar-refractivity contribution is 7.10. The van der Waals surface area contributed by atoms with Crippen LogP contribution in [0.4, 0.5) is 0 Å². The van der Waals surface area contributed by atoms with Crippen molar-refractivity contribution in [1.29, 1.82) is 0 Å². The van der Waals surface area contributed by atoms with Crippen LogP contribution in [0.15, 0.2) is 35.7 Å². The van der Waals surface area contributed by atoms with Gasteiger partial charge in [0.05, 0.1) is 11.7 Å². The third-order valence-electron chi connectivity index (χ3n) is 3.28. The highest BCUT2D eigenvalue weighted by Crippen LogP contribution is 2.33. The Balaban J connectivity index is 1.98. The van der Waals surface area contributed by atoms with Gasteiger partial charge in [-0.25, -0.2) is 5.43 Å². The van der Waals surface area contributed by atoms with E-state index in [1.165, 1.54) is 4.88 Å². The third-order valence-corrected chi connectivity index (χ3v) is 4.24. The van der Waals surface area contributed by atoms with Crippen LogP contribution < -0.4 is 10.9 Å². The van der Waals surface area contributed by atoms with E-state index in [1.54, 1.807) is 11.3 Å². The molecular weight excluding hydrogens is 256 g/mol. The summed E-state index contributed by atoms with van der Waals surface area (Å²) in [6.07, 6.45) is 2.11. The van der Waals surface area contributed by atoms with E-state index in [0.717, 1.165) is 22.4 Å². The predicted octanol–water partition coefficient (Wildman–Crippen LogP) is 3.26. The lowest BCUT2D eigenvalue weighted by Gasteiger charge is -2.10. The molecule has 98 valence electrons. The molecule has 1 atom stereocenters. The van der Waals surface area contributed by atoms with Crippen molar-refractivity contribution in [2.45, 2.75) is 19.9 Å². The summed E-state index contributed by atoms with van der Waals surface area (Å²) in [5, 5.41) is 12.3. The van der Waals surface area contributed by atoms with Crippen molar-refractivity contribution in [3.05, 3.63) is 57.3 Å². The Bertz CT molecular complexity index is 632. The monoisotopic (exact) mass is 272 g/mol. The second-order valence-electron chi connectivity index (χ2n) is 4.82. The average molecular weight is 272 g/mol. The Morgan fingerprint density at radius 3 is 2.84 bits per heavy atom. The molecular formula is C15H16N2OS. The van der Waals surface area contributed by atoms with Gasteiger partial charge < -0.3 is 10.5 Å². The smallest absolute Gasteiger partial charge is 0.127 e. The van der Waals surface area contributed by atoms with Crippen molar-refractivity contribution in [2.24, 2.45) is 0 Å². The zero-order valence-corrected chi connectivity index (χ0v) is 11.7. The molecule has 0 saturated heterocycles. The summed E-state index contributed by atoms with van der Waals surface area (Å²) in [5.41, 5.74) is 10.2. The number of phenols is 1. The normalized spacial score (nSPS) is 18.2. The van der Waals surface area contributed by atoms with Gasteiger partial charge in [0.25, 0.3) is 0 Å². The van der Waals surface area contributed by atoms with Crippen LogP contribution in [0.2, 0.25) is 0 Å². The second-order valence-corrected chi connectivity index (χ2v) is 5.80. The second kappa shape index (κ2) is 4.72. The fourth-order valence-corrected chi connectivity index (χ4v) is 3.09. The molecule has 2 heterocycles. The summed E-state index contributed by atoms with van der Waals surface area (Å²) in [6.45, 7) is 3.96. The van der Waals surface area contributed by atoms with Crippen LogP contribution in [0.3, 0.4) is 0 Å². The molecule has 3 N–H and O–H groups in total. The van der Waals surface area contributed by atoms with Crippen molar-refractivity contribution in [3.8, 4) is 5.75 Å². The van der Waals surface area contributed by atoms with Crippen LogP contribution >= 0.6 is 11.3 Å². The zero-order chi connectivity index (χ0) is 13.4. The SMILES string of the molecule is Cc1cc(C)c(O)c(C2=C[C@H](c3cccs3)NN2)c1. The maximum atomic E-state index is 10.2.